The van der Waals surface area contributed by atoms with Gasteiger partial charge in [0.1, 0.15) is 0 Å². The molecular formula is C14H25N3O. The number of carbonyl (C=O) groups is 1. The molecule has 0 aromatic rings. The van der Waals surface area contributed by atoms with Gasteiger partial charge >= 0.3 is 0 Å². The molecule has 4 nitrogen and oxygen atoms in total. The summed E-state index contributed by atoms with van der Waals surface area (Å²) >= 11 is 0. The average molecular weight is 251 g/mol. The van der Waals surface area contributed by atoms with Gasteiger partial charge in [0.25, 0.3) is 0 Å². The van der Waals surface area contributed by atoms with Crippen LogP contribution in [0.2, 0.25) is 0 Å². The first kappa shape index (κ1) is 12.4. The molecule has 1 saturated heterocycles. The van der Waals surface area contributed by atoms with Gasteiger partial charge in [0.05, 0.1) is 6.04 Å². The molecule has 0 aromatic carbocycles. The zero-order valence-corrected chi connectivity index (χ0v) is 11.6. The van der Waals surface area contributed by atoms with Crippen LogP contribution >= 0.6 is 0 Å². The molecule has 2 saturated carbocycles. The monoisotopic (exact) mass is 251 g/mol. The molecule has 3 aliphatic rings. The van der Waals surface area contributed by atoms with E-state index in [0.717, 1.165) is 19.5 Å². The summed E-state index contributed by atoms with van der Waals surface area (Å²) in [6.07, 6.45) is 7.30. The van der Waals surface area contributed by atoms with Crippen molar-refractivity contribution < 1.29 is 4.79 Å². The topological polar surface area (TPSA) is 35.6 Å². The molecule has 0 radical (unpaired) electrons. The molecule has 102 valence electrons. The van der Waals surface area contributed by atoms with Crippen LogP contribution < -0.4 is 5.32 Å². The molecule has 3 fully saturated rings. The van der Waals surface area contributed by atoms with Crippen molar-refractivity contribution in [2.24, 2.45) is 0 Å². The first-order chi connectivity index (χ1) is 8.61. The van der Waals surface area contributed by atoms with Crippen LogP contribution in [0.4, 0.5) is 0 Å². The molecule has 4 heteroatoms. The second kappa shape index (κ2) is 4.49. The van der Waals surface area contributed by atoms with Crippen molar-refractivity contribution in [3.63, 3.8) is 0 Å². The van der Waals surface area contributed by atoms with E-state index >= 15 is 0 Å². The molecule has 0 aromatic heterocycles. The number of nitrogens with one attached hydrogen (secondary N) is 1. The predicted octanol–water partition coefficient (Wildman–Crippen LogP) is 0.824. The molecule has 1 N–H and O–H groups in total. The van der Waals surface area contributed by atoms with E-state index in [1.165, 1.54) is 32.1 Å². The molecule has 1 amide bonds. The fourth-order valence-electron chi connectivity index (χ4n) is 3.27. The van der Waals surface area contributed by atoms with E-state index < -0.39 is 0 Å². The van der Waals surface area contributed by atoms with Crippen molar-refractivity contribution in [3.8, 4) is 0 Å². The van der Waals surface area contributed by atoms with Gasteiger partial charge in [-0.05, 0) is 52.6 Å². The number of nitrogens with zero attached hydrogens (tertiary/aromatic N) is 2. The van der Waals surface area contributed by atoms with Crippen molar-refractivity contribution in [1.82, 2.24) is 15.1 Å². The summed E-state index contributed by atoms with van der Waals surface area (Å²) in [5.41, 5.74) is 0.268. The van der Waals surface area contributed by atoms with Gasteiger partial charge in [-0.25, -0.2) is 0 Å². The molecule has 1 unspecified atom stereocenters. The maximum Gasteiger partial charge on any atom is 0.239 e. The molecule has 1 atom stereocenters. The molecule has 2 aliphatic carbocycles. The fraction of sp³-hybridized carbons (Fsp3) is 0.929. The van der Waals surface area contributed by atoms with Gasteiger partial charge in [-0.1, -0.05) is 0 Å². The Labute approximate surface area is 110 Å². The highest BCUT2D eigenvalue weighted by Crippen LogP contribution is 2.37. The van der Waals surface area contributed by atoms with E-state index in [2.05, 4.69) is 29.2 Å². The maximum absolute atomic E-state index is 12.4. The van der Waals surface area contributed by atoms with Crippen molar-refractivity contribution >= 4 is 5.91 Å². The molecule has 0 bridgehead atoms. The summed E-state index contributed by atoms with van der Waals surface area (Å²) in [5.74, 6) is 0.343. The largest absolute Gasteiger partial charge is 0.339 e. The number of likely N-dealkylation sites (tertiary alicyclic amines) is 1. The molecule has 0 spiro atoms. The number of amides is 1. The standard InChI is InChI=1S/C14H25N3O/c1-16(2)14(7-3-8-14)10-17-9-6-12(13(17)18)15-11-4-5-11/h11-12,15H,3-10H2,1-2H3. The van der Waals surface area contributed by atoms with E-state index in [0.29, 0.717) is 11.9 Å². The number of hydrogen-bond donors (Lipinski definition) is 1. The number of carbonyl (C=O) groups excluding carboxylic acids is 1. The first-order valence-electron chi connectivity index (χ1n) is 7.33. The van der Waals surface area contributed by atoms with Crippen LogP contribution in [0, 0.1) is 0 Å². The number of hydrogen-bond acceptors (Lipinski definition) is 3. The van der Waals surface area contributed by atoms with Crippen LogP contribution in [-0.4, -0.2) is 60.5 Å². The lowest BCUT2D eigenvalue weighted by molar-refractivity contribution is -0.132. The molecule has 1 aliphatic heterocycles. The van der Waals surface area contributed by atoms with Gasteiger partial charge < -0.3 is 15.1 Å². The Hall–Kier alpha value is -0.610. The first-order valence-corrected chi connectivity index (χ1v) is 7.33. The fourth-order valence-corrected chi connectivity index (χ4v) is 3.27. The summed E-state index contributed by atoms with van der Waals surface area (Å²) < 4.78 is 0. The highest BCUT2D eigenvalue weighted by molar-refractivity contribution is 5.84. The third-order valence-electron chi connectivity index (χ3n) is 5.03. The molecule has 3 rings (SSSR count). The van der Waals surface area contributed by atoms with E-state index in [1.54, 1.807) is 0 Å². The Balaban J connectivity index is 1.58. The van der Waals surface area contributed by atoms with Crippen molar-refractivity contribution in [2.75, 3.05) is 27.2 Å². The second-order valence-corrected chi connectivity index (χ2v) is 6.51. The van der Waals surface area contributed by atoms with Crippen molar-refractivity contribution in [3.05, 3.63) is 0 Å². The minimum atomic E-state index is 0.108. The normalized spacial score (nSPS) is 30.9. The maximum atomic E-state index is 12.4. The summed E-state index contributed by atoms with van der Waals surface area (Å²) in [6.45, 7) is 1.88. The van der Waals surface area contributed by atoms with E-state index in [1.807, 2.05) is 0 Å². The predicted molar refractivity (Wildman–Crippen MR) is 71.4 cm³/mol. The van der Waals surface area contributed by atoms with Crippen molar-refractivity contribution in [2.45, 2.75) is 56.1 Å². The van der Waals surface area contributed by atoms with Gasteiger partial charge in [-0.2, -0.15) is 0 Å². The van der Waals surface area contributed by atoms with Gasteiger partial charge in [0.2, 0.25) is 5.91 Å². The van der Waals surface area contributed by atoms with Crippen LogP contribution in [-0.2, 0) is 4.79 Å². The molecule has 1 heterocycles. The molecular weight excluding hydrogens is 226 g/mol. The zero-order valence-electron chi connectivity index (χ0n) is 11.6. The third-order valence-corrected chi connectivity index (χ3v) is 5.03. The Bertz CT molecular complexity index is 334. The highest BCUT2D eigenvalue weighted by atomic mass is 16.2. The lowest BCUT2D eigenvalue weighted by Crippen LogP contribution is -2.58. The van der Waals surface area contributed by atoms with E-state index in [4.69, 9.17) is 0 Å². The van der Waals surface area contributed by atoms with Gasteiger partial charge in [0, 0.05) is 24.7 Å². The summed E-state index contributed by atoms with van der Waals surface area (Å²) in [4.78, 5) is 16.8. The number of rotatable bonds is 5. The van der Waals surface area contributed by atoms with E-state index in [-0.39, 0.29) is 11.6 Å². The lowest BCUT2D eigenvalue weighted by atomic mass is 9.75. The van der Waals surface area contributed by atoms with Crippen LogP contribution in [0.1, 0.15) is 38.5 Å². The van der Waals surface area contributed by atoms with Gasteiger partial charge in [-0.15, -0.1) is 0 Å². The van der Waals surface area contributed by atoms with Crippen LogP contribution in [0.3, 0.4) is 0 Å². The summed E-state index contributed by atoms with van der Waals surface area (Å²) in [7, 11) is 4.30. The Morgan fingerprint density at radius 3 is 2.56 bits per heavy atom. The second-order valence-electron chi connectivity index (χ2n) is 6.51. The lowest BCUT2D eigenvalue weighted by Gasteiger charge is -2.49. The molecule has 18 heavy (non-hydrogen) atoms. The zero-order chi connectivity index (χ0) is 12.8. The average Bonchev–Trinajstić information content (AvgIpc) is 3.01. The van der Waals surface area contributed by atoms with Crippen molar-refractivity contribution in [1.29, 1.82) is 0 Å². The number of likely N-dealkylation sites (N-methyl/N-ethyl adjacent to an activating group) is 1. The third kappa shape index (κ3) is 2.16. The Kier molecular flexibility index (Phi) is 3.10. The summed E-state index contributed by atoms with van der Waals surface area (Å²) in [6, 6.07) is 0.738. The van der Waals surface area contributed by atoms with Crippen LogP contribution in [0.5, 0.6) is 0 Å². The minimum Gasteiger partial charge on any atom is -0.339 e. The Morgan fingerprint density at radius 2 is 2.06 bits per heavy atom. The quantitative estimate of drug-likeness (QED) is 0.786. The SMILES string of the molecule is CN(C)C1(CN2CCC(NC3CC3)C2=O)CCC1. The van der Waals surface area contributed by atoms with E-state index in [9.17, 15) is 4.79 Å². The smallest absolute Gasteiger partial charge is 0.239 e. The van der Waals surface area contributed by atoms with Gasteiger partial charge in [0.15, 0.2) is 0 Å². The van der Waals surface area contributed by atoms with Crippen LogP contribution in [0.15, 0.2) is 0 Å². The van der Waals surface area contributed by atoms with Crippen LogP contribution in [0.25, 0.3) is 0 Å². The van der Waals surface area contributed by atoms with Gasteiger partial charge in [-0.3, -0.25) is 4.79 Å². The highest BCUT2D eigenvalue weighted by Gasteiger charge is 2.44. The summed E-state index contributed by atoms with van der Waals surface area (Å²) in [5, 5.41) is 3.48. The Morgan fingerprint density at radius 1 is 1.33 bits per heavy atom. The minimum absolute atomic E-state index is 0.108.